The van der Waals surface area contributed by atoms with E-state index in [1.54, 1.807) is 13.8 Å². The number of aromatic nitrogens is 1. The zero-order chi connectivity index (χ0) is 22.5. The highest BCUT2D eigenvalue weighted by Crippen LogP contribution is 2.36. The van der Waals surface area contributed by atoms with E-state index in [0.717, 1.165) is 31.2 Å². The second-order valence-electron chi connectivity index (χ2n) is 8.80. The van der Waals surface area contributed by atoms with E-state index < -0.39 is 11.6 Å². The number of hydrogen-bond acceptors (Lipinski definition) is 4. The molecule has 0 saturated heterocycles. The third-order valence-corrected chi connectivity index (χ3v) is 6.85. The van der Waals surface area contributed by atoms with Crippen molar-refractivity contribution in [1.29, 1.82) is 5.26 Å². The molecule has 1 aromatic heterocycles. The maximum absolute atomic E-state index is 13.5. The Balaban J connectivity index is 1.98. The van der Waals surface area contributed by atoms with Gasteiger partial charge in [-0.05, 0) is 56.6 Å². The Bertz CT molecular complexity index is 1030. The minimum atomic E-state index is -0.561. The van der Waals surface area contributed by atoms with Gasteiger partial charge in [0.1, 0.15) is 11.6 Å². The standard InChI is InChI=1S/C26H32N2O3/c1-4-5-9-19-12-14-21(15-13-19)24(29)23-17(2)22(16-27)25(30)28(26(23)31)18(3)20-10-7-6-8-11-20/h6-8,10-11,18-19,21,31H,4-5,9,12-15H2,1-3H3. The van der Waals surface area contributed by atoms with Crippen LogP contribution in [0.15, 0.2) is 35.1 Å². The summed E-state index contributed by atoms with van der Waals surface area (Å²) in [6.45, 7) is 5.58. The lowest BCUT2D eigenvalue weighted by atomic mass is 9.76. The Hall–Kier alpha value is -2.87. The molecule has 0 spiro atoms. The zero-order valence-electron chi connectivity index (χ0n) is 18.7. The van der Waals surface area contributed by atoms with E-state index in [1.807, 2.05) is 36.4 Å². The number of nitrogens with zero attached hydrogens (tertiary/aromatic N) is 2. The summed E-state index contributed by atoms with van der Waals surface area (Å²) in [5.41, 5.74) is 0.618. The number of carbonyl (C=O) groups excluding carboxylic acids is 1. The van der Waals surface area contributed by atoms with Gasteiger partial charge in [-0.2, -0.15) is 5.26 Å². The third-order valence-electron chi connectivity index (χ3n) is 6.85. The van der Waals surface area contributed by atoms with E-state index in [4.69, 9.17) is 0 Å². The van der Waals surface area contributed by atoms with Crippen molar-refractivity contribution >= 4 is 5.78 Å². The molecule has 1 saturated carbocycles. The van der Waals surface area contributed by atoms with Gasteiger partial charge in [0, 0.05) is 5.92 Å². The average molecular weight is 421 g/mol. The van der Waals surface area contributed by atoms with Gasteiger partial charge in [0.25, 0.3) is 5.56 Å². The molecule has 1 fully saturated rings. The first kappa shape index (κ1) is 22.8. The molecule has 2 aromatic rings. The Morgan fingerprint density at radius 1 is 1.23 bits per heavy atom. The monoisotopic (exact) mass is 420 g/mol. The lowest BCUT2D eigenvalue weighted by molar-refractivity contribution is 0.0864. The summed E-state index contributed by atoms with van der Waals surface area (Å²) in [6.07, 6.45) is 7.23. The lowest BCUT2D eigenvalue weighted by Crippen LogP contribution is -2.31. The van der Waals surface area contributed by atoms with E-state index in [2.05, 4.69) is 6.92 Å². The van der Waals surface area contributed by atoms with E-state index >= 15 is 0 Å². The highest BCUT2D eigenvalue weighted by molar-refractivity contribution is 6.01. The van der Waals surface area contributed by atoms with Crippen LogP contribution in [0.1, 0.15) is 91.9 Å². The summed E-state index contributed by atoms with van der Waals surface area (Å²) in [6, 6.07) is 10.8. The van der Waals surface area contributed by atoms with Gasteiger partial charge < -0.3 is 5.11 Å². The fourth-order valence-electron chi connectivity index (χ4n) is 4.87. The number of unbranched alkanes of at least 4 members (excludes halogenated alkanes) is 1. The van der Waals surface area contributed by atoms with Gasteiger partial charge in [0.05, 0.1) is 11.6 Å². The number of Topliss-reactive ketones (excluding diaryl/α,β-unsaturated/α-hetero) is 1. The van der Waals surface area contributed by atoms with Gasteiger partial charge >= 0.3 is 0 Å². The van der Waals surface area contributed by atoms with E-state index in [1.165, 1.54) is 23.8 Å². The number of pyridine rings is 1. The Morgan fingerprint density at radius 2 is 1.87 bits per heavy atom. The van der Waals surface area contributed by atoms with Crippen LogP contribution in [-0.4, -0.2) is 15.5 Å². The smallest absolute Gasteiger partial charge is 0.272 e. The molecule has 1 atom stereocenters. The summed E-state index contributed by atoms with van der Waals surface area (Å²) in [7, 11) is 0. The van der Waals surface area contributed by atoms with Crippen molar-refractivity contribution in [1.82, 2.24) is 4.57 Å². The predicted octanol–water partition coefficient (Wildman–Crippen LogP) is 5.52. The van der Waals surface area contributed by atoms with Crippen molar-refractivity contribution in [3.8, 4) is 11.9 Å². The maximum Gasteiger partial charge on any atom is 0.272 e. The normalized spacial score (nSPS) is 19.5. The lowest BCUT2D eigenvalue weighted by Gasteiger charge is -2.29. The third kappa shape index (κ3) is 4.58. The van der Waals surface area contributed by atoms with Crippen LogP contribution in [0.4, 0.5) is 0 Å². The molecule has 0 radical (unpaired) electrons. The zero-order valence-corrected chi connectivity index (χ0v) is 18.7. The summed E-state index contributed by atoms with van der Waals surface area (Å²) in [4.78, 5) is 26.5. The molecule has 5 heteroatoms. The van der Waals surface area contributed by atoms with Gasteiger partial charge in [0.15, 0.2) is 5.78 Å². The van der Waals surface area contributed by atoms with Crippen LogP contribution in [0.25, 0.3) is 0 Å². The van der Waals surface area contributed by atoms with Crippen molar-refractivity contribution in [3.05, 3.63) is 62.9 Å². The van der Waals surface area contributed by atoms with E-state index in [9.17, 15) is 20.0 Å². The highest BCUT2D eigenvalue weighted by atomic mass is 16.3. The quantitative estimate of drug-likeness (QED) is 0.598. The molecule has 3 rings (SSSR count). The molecule has 0 amide bonds. The summed E-state index contributed by atoms with van der Waals surface area (Å²) >= 11 is 0. The fraction of sp³-hybridized carbons (Fsp3) is 0.500. The molecule has 1 aromatic carbocycles. The van der Waals surface area contributed by atoms with Crippen LogP contribution in [0.2, 0.25) is 0 Å². The number of hydrogen-bond donors (Lipinski definition) is 1. The van der Waals surface area contributed by atoms with Crippen molar-refractivity contribution in [3.63, 3.8) is 0 Å². The minimum absolute atomic E-state index is 0.0689. The number of benzene rings is 1. The fourth-order valence-corrected chi connectivity index (χ4v) is 4.87. The molecule has 1 unspecified atom stereocenters. The molecular formula is C26H32N2O3. The Labute approximate surface area is 184 Å². The van der Waals surface area contributed by atoms with Gasteiger partial charge in [-0.25, -0.2) is 0 Å². The Morgan fingerprint density at radius 3 is 2.45 bits per heavy atom. The van der Waals surface area contributed by atoms with Crippen molar-refractivity contribution in [2.24, 2.45) is 11.8 Å². The molecular weight excluding hydrogens is 388 g/mol. The summed E-state index contributed by atoms with van der Waals surface area (Å²) in [5.74, 6) is 0.0258. The highest BCUT2D eigenvalue weighted by Gasteiger charge is 2.32. The first-order valence-electron chi connectivity index (χ1n) is 11.4. The van der Waals surface area contributed by atoms with Crippen molar-refractivity contribution in [2.45, 2.75) is 71.8 Å². The molecule has 0 bridgehead atoms. The predicted molar refractivity (Wildman–Crippen MR) is 121 cm³/mol. The number of ketones is 1. The molecule has 0 aliphatic heterocycles. The number of nitriles is 1. The topological polar surface area (TPSA) is 83.1 Å². The number of rotatable bonds is 7. The van der Waals surface area contributed by atoms with Gasteiger partial charge in [-0.3, -0.25) is 14.2 Å². The van der Waals surface area contributed by atoms with Crippen LogP contribution < -0.4 is 5.56 Å². The van der Waals surface area contributed by atoms with Gasteiger partial charge in [-0.1, -0.05) is 56.5 Å². The van der Waals surface area contributed by atoms with Gasteiger partial charge in [0.2, 0.25) is 5.88 Å². The number of aromatic hydroxyl groups is 1. The molecule has 5 nitrogen and oxygen atoms in total. The molecule has 1 aliphatic rings. The molecule has 164 valence electrons. The van der Waals surface area contributed by atoms with E-state index in [-0.39, 0.29) is 28.7 Å². The molecule has 1 aliphatic carbocycles. The first-order valence-corrected chi connectivity index (χ1v) is 11.4. The molecule has 1 heterocycles. The number of carbonyl (C=O) groups is 1. The minimum Gasteiger partial charge on any atom is -0.494 e. The van der Waals surface area contributed by atoms with Crippen LogP contribution in [0.5, 0.6) is 5.88 Å². The summed E-state index contributed by atoms with van der Waals surface area (Å²) in [5, 5.41) is 20.7. The summed E-state index contributed by atoms with van der Waals surface area (Å²) < 4.78 is 1.20. The molecule has 31 heavy (non-hydrogen) atoms. The van der Waals surface area contributed by atoms with Crippen LogP contribution in [-0.2, 0) is 0 Å². The van der Waals surface area contributed by atoms with Crippen molar-refractivity contribution in [2.75, 3.05) is 0 Å². The van der Waals surface area contributed by atoms with Gasteiger partial charge in [-0.15, -0.1) is 0 Å². The Kier molecular flexibility index (Phi) is 7.33. The second-order valence-corrected chi connectivity index (χ2v) is 8.80. The first-order chi connectivity index (χ1) is 14.9. The maximum atomic E-state index is 13.5. The molecule has 1 N–H and O–H groups in total. The van der Waals surface area contributed by atoms with Crippen molar-refractivity contribution < 1.29 is 9.90 Å². The van der Waals surface area contributed by atoms with Crippen LogP contribution in [0.3, 0.4) is 0 Å². The average Bonchev–Trinajstić information content (AvgIpc) is 2.78. The van der Waals surface area contributed by atoms with Crippen LogP contribution in [0, 0.1) is 30.1 Å². The second kappa shape index (κ2) is 9.96. The van der Waals surface area contributed by atoms with Crippen LogP contribution >= 0.6 is 0 Å². The SMILES string of the molecule is CCCCC1CCC(C(=O)c2c(C)c(C#N)c(=O)n(C(C)c3ccccc3)c2O)CC1. The van der Waals surface area contributed by atoms with E-state index in [0.29, 0.717) is 11.5 Å². The largest absolute Gasteiger partial charge is 0.494 e.